The van der Waals surface area contributed by atoms with Gasteiger partial charge in [-0.2, -0.15) is 0 Å². The number of β-amino-alcohol motifs (C(OH)–C–C–N with tert-alkyl or cyclic N) is 1. The normalized spacial score (nSPS) is 24.2. The second-order valence-corrected chi connectivity index (χ2v) is 6.14. The number of nitrogens with one attached hydrogen (secondary N) is 1. The lowest BCUT2D eigenvalue weighted by Crippen LogP contribution is -2.48. The number of hydrogen-bond donors (Lipinski definition) is 2. The largest absolute Gasteiger partial charge is 0.389 e. The second kappa shape index (κ2) is 5.98. The number of amides is 1. The molecule has 1 amide bonds. The molecule has 104 valence electrons. The van der Waals surface area contributed by atoms with Crippen LogP contribution >= 0.6 is 15.9 Å². The van der Waals surface area contributed by atoms with E-state index in [4.69, 9.17) is 0 Å². The molecular formula is C13H18BrN3O2. The minimum atomic E-state index is -0.686. The van der Waals surface area contributed by atoms with Crippen LogP contribution in [0.15, 0.2) is 22.8 Å². The number of rotatable bonds is 3. The molecule has 1 aliphatic heterocycles. The van der Waals surface area contributed by atoms with Gasteiger partial charge in [-0.3, -0.25) is 9.69 Å². The molecule has 1 aromatic heterocycles. The minimum absolute atomic E-state index is 0.104. The lowest BCUT2D eigenvalue weighted by Gasteiger charge is -2.36. The van der Waals surface area contributed by atoms with Crippen molar-refractivity contribution >= 4 is 27.7 Å². The summed E-state index contributed by atoms with van der Waals surface area (Å²) in [4.78, 5) is 18.0. The molecule has 6 heteroatoms. The third-order valence-electron chi connectivity index (χ3n) is 3.12. The van der Waals surface area contributed by atoms with E-state index in [9.17, 15) is 9.90 Å². The van der Waals surface area contributed by atoms with Crippen LogP contribution in [0.2, 0.25) is 0 Å². The molecule has 2 rings (SSSR count). The molecule has 0 radical (unpaired) electrons. The molecule has 0 bridgehead atoms. The smallest absolute Gasteiger partial charge is 0.239 e. The highest BCUT2D eigenvalue weighted by Crippen LogP contribution is 2.20. The number of halogens is 1. The first kappa shape index (κ1) is 14.4. The summed E-state index contributed by atoms with van der Waals surface area (Å²) in [5.41, 5.74) is -0.686. The molecule has 1 aromatic rings. The van der Waals surface area contributed by atoms with E-state index in [1.54, 1.807) is 12.3 Å². The molecule has 5 nitrogen and oxygen atoms in total. The topological polar surface area (TPSA) is 65.5 Å². The van der Waals surface area contributed by atoms with Gasteiger partial charge in [0.2, 0.25) is 5.91 Å². The van der Waals surface area contributed by atoms with Crippen LogP contribution < -0.4 is 5.32 Å². The Bertz CT molecular complexity index is 448. The molecule has 2 N–H and O–H groups in total. The van der Waals surface area contributed by atoms with E-state index in [0.29, 0.717) is 12.4 Å². The van der Waals surface area contributed by atoms with Crippen molar-refractivity contribution in [2.45, 2.75) is 25.4 Å². The van der Waals surface area contributed by atoms with E-state index in [0.717, 1.165) is 23.9 Å². The van der Waals surface area contributed by atoms with Crippen LogP contribution in [-0.4, -0.2) is 46.1 Å². The number of carbonyl (C=O) groups is 1. The van der Waals surface area contributed by atoms with Gasteiger partial charge in [-0.15, -0.1) is 0 Å². The number of hydrogen-bond acceptors (Lipinski definition) is 4. The van der Waals surface area contributed by atoms with Crippen LogP contribution in [0.4, 0.5) is 5.82 Å². The van der Waals surface area contributed by atoms with Crippen molar-refractivity contribution in [2.24, 2.45) is 0 Å². The highest BCUT2D eigenvalue weighted by Gasteiger charge is 2.29. The Balaban J connectivity index is 1.85. The number of pyridine rings is 1. The van der Waals surface area contributed by atoms with Crippen LogP contribution in [0.1, 0.15) is 19.8 Å². The van der Waals surface area contributed by atoms with Gasteiger partial charge in [0.05, 0.1) is 12.1 Å². The van der Waals surface area contributed by atoms with E-state index in [2.05, 4.69) is 26.2 Å². The summed E-state index contributed by atoms with van der Waals surface area (Å²) in [6.07, 6.45) is 3.34. The van der Waals surface area contributed by atoms with E-state index in [-0.39, 0.29) is 12.5 Å². The number of piperidine rings is 1. The predicted molar refractivity (Wildman–Crippen MR) is 76.9 cm³/mol. The van der Waals surface area contributed by atoms with Gasteiger partial charge in [-0.05, 0) is 54.4 Å². The number of anilines is 1. The van der Waals surface area contributed by atoms with Crippen molar-refractivity contribution in [3.8, 4) is 0 Å². The highest BCUT2D eigenvalue weighted by atomic mass is 79.9. The number of nitrogens with zero attached hydrogens (tertiary/aromatic N) is 2. The maximum absolute atomic E-state index is 11.9. The maximum atomic E-state index is 11.9. The fourth-order valence-electron chi connectivity index (χ4n) is 2.29. The molecule has 1 saturated heterocycles. The fourth-order valence-corrected chi connectivity index (χ4v) is 2.53. The van der Waals surface area contributed by atoms with Gasteiger partial charge in [0.25, 0.3) is 0 Å². The summed E-state index contributed by atoms with van der Waals surface area (Å²) in [6, 6.07) is 3.57. The van der Waals surface area contributed by atoms with Crippen LogP contribution in [-0.2, 0) is 4.79 Å². The summed E-state index contributed by atoms with van der Waals surface area (Å²) >= 11 is 3.29. The molecule has 0 saturated carbocycles. The predicted octanol–water partition coefficient (Wildman–Crippen LogP) is 1.63. The number of aromatic nitrogens is 1. The van der Waals surface area contributed by atoms with Crippen LogP contribution in [0, 0.1) is 0 Å². The summed E-state index contributed by atoms with van der Waals surface area (Å²) < 4.78 is 0.873. The third kappa shape index (κ3) is 4.56. The summed E-state index contributed by atoms with van der Waals surface area (Å²) in [6.45, 7) is 3.48. The average molecular weight is 328 g/mol. The Morgan fingerprint density at radius 2 is 2.42 bits per heavy atom. The SMILES string of the molecule is CC1(O)CCCN(CC(=O)Nc2ccc(Br)cn2)C1. The van der Waals surface area contributed by atoms with Crippen LogP contribution in [0.3, 0.4) is 0 Å². The summed E-state index contributed by atoms with van der Waals surface area (Å²) in [5, 5.41) is 12.7. The number of likely N-dealkylation sites (tertiary alicyclic amines) is 1. The monoisotopic (exact) mass is 327 g/mol. The quantitative estimate of drug-likeness (QED) is 0.885. The number of carbonyl (C=O) groups excluding carboxylic acids is 1. The first-order chi connectivity index (χ1) is 8.94. The molecular weight excluding hydrogens is 310 g/mol. The van der Waals surface area contributed by atoms with Crippen molar-refractivity contribution in [2.75, 3.05) is 25.0 Å². The van der Waals surface area contributed by atoms with Gasteiger partial charge in [0.1, 0.15) is 5.82 Å². The van der Waals surface area contributed by atoms with Crippen molar-refractivity contribution in [3.63, 3.8) is 0 Å². The van der Waals surface area contributed by atoms with Gasteiger partial charge >= 0.3 is 0 Å². The van der Waals surface area contributed by atoms with Crippen molar-refractivity contribution < 1.29 is 9.90 Å². The first-order valence-electron chi connectivity index (χ1n) is 6.31. The van der Waals surface area contributed by atoms with Gasteiger partial charge < -0.3 is 10.4 Å². The molecule has 1 fully saturated rings. The van der Waals surface area contributed by atoms with Crippen LogP contribution in [0.5, 0.6) is 0 Å². The zero-order valence-corrected chi connectivity index (χ0v) is 12.5. The zero-order valence-electron chi connectivity index (χ0n) is 10.9. The zero-order chi connectivity index (χ0) is 13.9. The minimum Gasteiger partial charge on any atom is -0.389 e. The van der Waals surface area contributed by atoms with E-state index < -0.39 is 5.60 Å². The molecule has 1 atom stereocenters. The van der Waals surface area contributed by atoms with Gasteiger partial charge in [-0.25, -0.2) is 4.98 Å². The molecule has 19 heavy (non-hydrogen) atoms. The Kier molecular flexibility index (Phi) is 4.54. The van der Waals surface area contributed by atoms with Crippen LogP contribution in [0.25, 0.3) is 0 Å². The van der Waals surface area contributed by atoms with Gasteiger partial charge in [-0.1, -0.05) is 0 Å². The molecule has 0 aliphatic carbocycles. The van der Waals surface area contributed by atoms with E-state index >= 15 is 0 Å². The molecule has 1 aliphatic rings. The number of aliphatic hydroxyl groups is 1. The molecule has 0 spiro atoms. The Morgan fingerprint density at radius 1 is 1.63 bits per heavy atom. The van der Waals surface area contributed by atoms with Gasteiger partial charge in [0, 0.05) is 17.2 Å². The van der Waals surface area contributed by atoms with Gasteiger partial charge in [0.15, 0.2) is 0 Å². The average Bonchev–Trinajstić information content (AvgIpc) is 2.30. The standard InChI is InChI=1S/C13H18BrN3O2/c1-13(19)5-2-6-17(9-13)8-12(18)16-11-4-3-10(14)7-15-11/h3-4,7,19H,2,5-6,8-9H2,1H3,(H,15,16,18). The highest BCUT2D eigenvalue weighted by molar-refractivity contribution is 9.10. The lowest BCUT2D eigenvalue weighted by molar-refractivity contribution is -0.118. The van der Waals surface area contributed by atoms with E-state index in [1.165, 1.54) is 0 Å². The maximum Gasteiger partial charge on any atom is 0.239 e. The van der Waals surface area contributed by atoms with Crippen molar-refractivity contribution in [1.82, 2.24) is 9.88 Å². The Morgan fingerprint density at radius 3 is 3.05 bits per heavy atom. The van der Waals surface area contributed by atoms with Crippen molar-refractivity contribution in [3.05, 3.63) is 22.8 Å². The molecule has 1 unspecified atom stereocenters. The summed E-state index contributed by atoms with van der Waals surface area (Å²) in [5.74, 6) is 0.435. The third-order valence-corrected chi connectivity index (χ3v) is 3.59. The first-order valence-corrected chi connectivity index (χ1v) is 7.10. The molecule has 2 heterocycles. The summed E-state index contributed by atoms with van der Waals surface area (Å²) in [7, 11) is 0. The van der Waals surface area contributed by atoms with E-state index in [1.807, 2.05) is 17.9 Å². The fraction of sp³-hybridized carbons (Fsp3) is 0.538. The lowest BCUT2D eigenvalue weighted by atomic mass is 9.95. The Hall–Kier alpha value is -0.980. The second-order valence-electron chi connectivity index (χ2n) is 5.22. The molecule has 0 aromatic carbocycles. The Labute approximate surface area is 121 Å². The van der Waals surface area contributed by atoms with Crippen molar-refractivity contribution in [1.29, 1.82) is 0 Å².